The average molecular weight is 267 g/mol. The molecule has 1 heterocycles. The molecule has 2 unspecified atom stereocenters. The number of carbonyl (C=O) groups is 1. The molecule has 3 nitrogen and oxygen atoms in total. The van der Waals surface area contributed by atoms with Gasteiger partial charge in [0.2, 0.25) is 0 Å². The Bertz CT molecular complexity index is 336. The van der Waals surface area contributed by atoms with Crippen molar-refractivity contribution >= 4 is 5.97 Å². The van der Waals surface area contributed by atoms with Crippen molar-refractivity contribution in [2.45, 2.75) is 71.8 Å². The topological polar surface area (TPSA) is 40.5 Å². The molecule has 2 rings (SSSR count). The zero-order chi connectivity index (χ0) is 14.1. The van der Waals surface area contributed by atoms with Crippen LogP contribution in [0.4, 0.5) is 0 Å². The summed E-state index contributed by atoms with van der Waals surface area (Å²) >= 11 is 0. The zero-order valence-corrected chi connectivity index (χ0v) is 12.7. The number of carboxylic acid groups (broad SMARTS) is 1. The van der Waals surface area contributed by atoms with E-state index in [1.54, 1.807) is 0 Å². The number of likely N-dealkylation sites (tertiary alicyclic amines) is 1. The summed E-state index contributed by atoms with van der Waals surface area (Å²) in [6.45, 7) is 8.65. The molecule has 3 heteroatoms. The molecule has 1 N–H and O–H groups in total. The summed E-state index contributed by atoms with van der Waals surface area (Å²) in [7, 11) is 0. The molecule has 0 aromatic carbocycles. The van der Waals surface area contributed by atoms with Crippen molar-refractivity contribution in [1.82, 2.24) is 4.90 Å². The minimum atomic E-state index is -0.573. The van der Waals surface area contributed by atoms with Crippen LogP contribution in [0.1, 0.15) is 65.7 Å². The highest BCUT2D eigenvalue weighted by Crippen LogP contribution is 2.43. The van der Waals surface area contributed by atoms with Gasteiger partial charge in [-0.2, -0.15) is 0 Å². The Kier molecular flexibility index (Phi) is 4.24. The minimum Gasteiger partial charge on any atom is -0.481 e. The van der Waals surface area contributed by atoms with Gasteiger partial charge in [0.1, 0.15) is 0 Å². The third-order valence-electron chi connectivity index (χ3n) is 5.25. The maximum Gasteiger partial charge on any atom is 0.310 e. The second-order valence-electron chi connectivity index (χ2n) is 7.47. The van der Waals surface area contributed by atoms with Crippen LogP contribution < -0.4 is 0 Å². The van der Waals surface area contributed by atoms with Gasteiger partial charge in [-0.3, -0.25) is 9.69 Å². The van der Waals surface area contributed by atoms with E-state index in [9.17, 15) is 9.90 Å². The summed E-state index contributed by atoms with van der Waals surface area (Å²) in [5.74, 6) is -0.573. The summed E-state index contributed by atoms with van der Waals surface area (Å²) in [6.07, 6.45) is 7.46. The van der Waals surface area contributed by atoms with Gasteiger partial charge in [0.25, 0.3) is 0 Å². The van der Waals surface area contributed by atoms with Crippen LogP contribution >= 0.6 is 0 Å². The number of carboxylic acids is 1. The molecule has 2 atom stereocenters. The van der Waals surface area contributed by atoms with Crippen LogP contribution in [0.25, 0.3) is 0 Å². The fraction of sp³-hybridized carbons (Fsp3) is 0.938. The molecule has 2 fully saturated rings. The molecule has 2 aliphatic rings. The van der Waals surface area contributed by atoms with Crippen LogP contribution in [0.3, 0.4) is 0 Å². The van der Waals surface area contributed by atoms with E-state index in [0.29, 0.717) is 11.5 Å². The number of rotatable bonds is 4. The molecule has 1 saturated heterocycles. The molecule has 1 saturated carbocycles. The van der Waals surface area contributed by atoms with E-state index in [0.717, 1.165) is 38.8 Å². The van der Waals surface area contributed by atoms with E-state index in [1.807, 2.05) is 0 Å². The maximum absolute atomic E-state index is 11.7. The van der Waals surface area contributed by atoms with E-state index >= 15 is 0 Å². The fourth-order valence-corrected chi connectivity index (χ4v) is 4.15. The Balaban J connectivity index is 2.06. The van der Waals surface area contributed by atoms with Crippen molar-refractivity contribution in [2.75, 3.05) is 13.1 Å². The Labute approximate surface area is 117 Å². The van der Waals surface area contributed by atoms with E-state index < -0.39 is 11.4 Å². The molecule has 0 aromatic rings. The van der Waals surface area contributed by atoms with Crippen LogP contribution in [0, 0.1) is 10.8 Å². The highest BCUT2D eigenvalue weighted by molar-refractivity contribution is 5.75. The Morgan fingerprint density at radius 2 is 2.11 bits per heavy atom. The predicted molar refractivity (Wildman–Crippen MR) is 77.2 cm³/mol. The maximum atomic E-state index is 11.7. The quantitative estimate of drug-likeness (QED) is 0.847. The number of aliphatic carboxylic acids is 1. The van der Waals surface area contributed by atoms with Gasteiger partial charge in [0, 0.05) is 12.6 Å². The van der Waals surface area contributed by atoms with Crippen molar-refractivity contribution in [2.24, 2.45) is 10.8 Å². The van der Waals surface area contributed by atoms with Crippen LogP contribution in [-0.4, -0.2) is 35.1 Å². The Morgan fingerprint density at radius 3 is 2.63 bits per heavy atom. The summed E-state index contributed by atoms with van der Waals surface area (Å²) < 4.78 is 0. The lowest BCUT2D eigenvalue weighted by Crippen LogP contribution is -2.51. The van der Waals surface area contributed by atoms with Crippen molar-refractivity contribution in [3.63, 3.8) is 0 Å². The minimum absolute atomic E-state index is 0.443. The smallest absolute Gasteiger partial charge is 0.310 e. The van der Waals surface area contributed by atoms with Crippen LogP contribution in [0.15, 0.2) is 0 Å². The first-order valence-corrected chi connectivity index (χ1v) is 7.86. The first-order valence-electron chi connectivity index (χ1n) is 7.86. The normalized spacial score (nSPS) is 35.4. The first kappa shape index (κ1) is 14.8. The Hall–Kier alpha value is -0.570. The SMILES string of the molecule is CCCC1(C(=O)O)CCCN(C2CCC(C)(C)C2)C1. The third-order valence-corrected chi connectivity index (χ3v) is 5.25. The van der Waals surface area contributed by atoms with Crippen molar-refractivity contribution in [3.05, 3.63) is 0 Å². The second-order valence-corrected chi connectivity index (χ2v) is 7.47. The number of nitrogens with zero attached hydrogens (tertiary/aromatic N) is 1. The molecule has 0 amide bonds. The van der Waals surface area contributed by atoms with Crippen molar-refractivity contribution in [3.8, 4) is 0 Å². The number of hydrogen-bond acceptors (Lipinski definition) is 2. The molecular formula is C16H29NO2. The average Bonchev–Trinajstić information content (AvgIpc) is 2.70. The zero-order valence-electron chi connectivity index (χ0n) is 12.7. The van der Waals surface area contributed by atoms with Crippen LogP contribution in [0.2, 0.25) is 0 Å². The van der Waals surface area contributed by atoms with Crippen LogP contribution in [0.5, 0.6) is 0 Å². The summed E-state index contributed by atoms with van der Waals surface area (Å²) in [5.41, 5.74) is -0.0293. The van der Waals surface area contributed by atoms with E-state index in [1.165, 1.54) is 19.3 Å². The largest absolute Gasteiger partial charge is 0.481 e. The monoisotopic (exact) mass is 267 g/mol. The molecule has 110 valence electrons. The lowest BCUT2D eigenvalue weighted by molar-refractivity contribution is -0.154. The van der Waals surface area contributed by atoms with Gasteiger partial charge in [0.15, 0.2) is 0 Å². The van der Waals surface area contributed by atoms with Gasteiger partial charge in [-0.15, -0.1) is 0 Å². The third kappa shape index (κ3) is 3.13. The molecule has 1 aliphatic heterocycles. The first-order chi connectivity index (χ1) is 8.88. The number of hydrogen-bond donors (Lipinski definition) is 1. The van der Waals surface area contributed by atoms with Crippen molar-refractivity contribution in [1.29, 1.82) is 0 Å². The van der Waals surface area contributed by atoms with Gasteiger partial charge >= 0.3 is 5.97 Å². The van der Waals surface area contributed by atoms with E-state index in [4.69, 9.17) is 0 Å². The van der Waals surface area contributed by atoms with E-state index in [2.05, 4.69) is 25.7 Å². The lowest BCUT2D eigenvalue weighted by Gasteiger charge is -2.43. The van der Waals surface area contributed by atoms with Gasteiger partial charge < -0.3 is 5.11 Å². The highest BCUT2D eigenvalue weighted by Gasteiger charge is 2.44. The summed E-state index contributed by atoms with van der Waals surface area (Å²) in [5, 5.41) is 9.66. The summed E-state index contributed by atoms with van der Waals surface area (Å²) in [6, 6.07) is 0.617. The van der Waals surface area contributed by atoms with Crippen LogP contribution in [-0.2, 0) is 4.79 Å². The van der Waals surface area contributed by atoms with Gasteiger partial charge in [0.05, 0.1) is 5.41 Å². The molecule has 0 spiro atoms. The molecule has 0 radical (unpaired) electrons. The molecule has 1 aliphatic carbocycles. The molecule has 19 heavy (non-hydrogen) atoms. The Morgan fingerprint density at radius 1 is 1.37 bits per heavy atom. The van der Waals surface area contributed by atoms with E-state index in [-0.39, 0.29) is 0 Å². The summed E-state index contributed by atoms with van der Waals surface area (Å²) in [4.78, 5) is 14.2. The molecular weight excluding hydrogens is 238 g/mol. The van der Waals surface area contributed by atoms with Gasteiger partial charge in [-0.25, -0.2) is 0 Å². The fourth-order valence-electron chi connectivity index (χ4n) is 4.15. The van der Waals surface area contributed by atoms with Crippen molar-refractivity contribution < 1.29 is 9.90 Å². The van der Waals surface area contributed by atoms with Gasteiger partial charge in [-0.1, -0.05) is 27.2 Å². The second kappa shape index (κ2) is 5.43. The molecule has 0 bridgehead atoms. The number of piperidine rings is 1. The molecule has 0 aromatic heterocycles. The lowest BCUT2D eigenvalue weighted by atomic mass is 9.76. The van der Waals surface area contributed by atoms with Gasteiger partial charge in [-0.05, 0) is 50.5 Å². The standard InChI is InChI=1S/C16H29NO2/c1-4-7-16(14(18)19)8-5-10-17(12-16)13-6-9-15(2,3)11-13/h13H,4-12H2,1-3H3,(H,18,19). The highest BCUT2D eigenvalue weighted by atomic mass is 16.4. The predicted octanol–water partition coefficient (Wildman–Crippen LogP) is 3.53.